The molecule has 1 fully saturated rings. The first kappa shape index (κ1) is 10.7. The summed E-state index contributed by atoms with van der Waals surface area (Å²) in [6, 6.07) is 0.466. The van der Waals surface area contributed by atoms with E-state index in [-0.39, 0.29) is 12.3 Å². The van der Waals surface area contributed by atoms with E-state index in [1.165, 1.54) is 0 Å². The molecule has 1 aliphatic rings. The second kappa shape index (κ2) is 4.21. The van der Waals surface area contributed by atoms with Gasteiger partial charge in [-0.1, -0.05) is 0 Å². The highest BCUT2D eigenvalue weighted by molar-refractivity contribution is 14.1. The van der Waals surface area contributed by atoms with Gasteiger partial charge in [-0.15, -0.1) is 0 Å². The zero-order valence-corrected chi connectivity index (χ0v) is 9.74. The van der Waals surface area contributed by atoms with Gasteiger partial charge in [-0.3, -0.25) is 0 Å². The van der Waals surface area contributed by atoms with E-state index in [0.717, 1.165) is 19.4 Å². The van der Waals surface area contributed by atoms with Gasteiger partial charge < -0.3 is 9.84 Å². The molecule has 1 atom stereocenters. The predicted molar refractivity (Wildman–Crippen MR) is 56.0 cm³/mol. The predicted octanol–water partition coefficient (Wildman–Crippen LogP) is 1.55. The lowest BCUT2D eigenvalue weighted by molar-refractivity contribution is -0.00490. The molecule has 1 aliphatic heterocycles. The van der Waals surface area contributed by atoms with Gasteiger partial charge in [0.2, 0.25) is 0 Å². The number of hydrogen-bond acceptors (Lipinski definition) is 3. The van der Waals surface area contributed by atoms with E-state index in [9.17, 15) is 0 Å². The number of rotatable bonds is 3. The standard InChI is InChI=1S/C8H16INO2/c1-8(2)10(9)7(6-12-8)4-3-5-11/h7,11H,3-6H2,1-2H3/t7-/m0/s1. The Kier molecular flexibility index (Phi) is 3.75. The van der Waals surface area contributed by atoms with Gasteiger partial charge in [0.1, 0.15) is 5.72 Å². The van der Waals surface area contributed by atoms with E-state index in [1.54, 1.807) is 0 Å². The van der Waals surface area contributed by atoms with Crippen molar-refractivity contribution in [1.29, 1.82) is 0 Å². The Hall–Kier alpha value is 0.610. The summed E-state index contributed by atoms with van der Waals surface area (Å²) in [5.74, 6) is 0. The van der Waals surface area contributed by atoms with Crippen molar-refractivity contribution in [3.8, 4) is 0 Å². The third-order valence-electron chi connectivity index (χ3n) is 2.16. The molecule has 1 heterocycles. The fourth-order valence-electron chi connectivity index (χ4n) is 1.39. The minimum atomic E-state index is -0.138. The molecular formula is C8H16INO2. The van der Waals surface area contributed by atoms with E-state index in [2.05, 4.69) is 39.8 Å². The van der Waals surface area contributed by atoms with Gasteiger partial charge in [-0.2, -0.15) is 0 Å². The first-order valence-corrected chi connectivity index (χ1v) is 5.24. The molecule has 0 aromatic heterocycles. The molecule has 0 unspecified atom stereocenters. The summed E-state index contributed by atoms with van der Waals surface area (Å²) in [4.78, 5) is 0. The first-order valence-electron chi connectivity index (χ1n) is 4.28. The van der Waals surface area contributed by atoms with Crippen LogP contribution in [0.15, 0.2) is 0 Å². The zero-order chi connectivity index (χ0) is 9.19. The third kappa shape index (κ3) is 2.31. The highest BCUT2D eigenvalue weighted by Crippen LogP contribution is 2.32. The lowest BCUT2D eigenvalue weighted by Crippen LogP contribution is -2.35. The van der Waals surface area contributed by atoms with E-state index >= 15 is 0 Å². The van der Waals surface area contributed by atoms with Crippen molar-refractivity contribution < 1.29 is 9.84 Å². The van der Waals surface area contributed by atoms with Crippen LogP contribution in [0, 0.1) is 0 Å². The summed E-state index contributed by atoms with van der Waals surface area (Å²) in [6.45, 7) is 5.20. The van der Waals surface area contributed by atoms with Gasteiger partial charge in [-0.25, -0.2) is 3.11 Å². The van der Waals surface area contributed by atoms with Crippen molar-refractivity contribution in [2.45, 2.75) is 38.5 Å². The normalized spacial score (nSPS) is 29.5. The van der Waals surface area contributed by atoms with Crippen LogP contribution in [-0.2, 0) is 4.74 Å². The van der Waals surface area contributed by atoms with Crippen LogP contribution in [0.2, 0.25) is 0 Å². The maximum Gasteiger partial charge on any atom is 0.124 e. The van der Waals surface area contributed by atoms with Crippen LogP contribution >= 0.6 is 22.9 Å². The van der Waals surface area contributed by atoms with E-state index in [1.807, 2.05) is 0 Å². The van der Waals surface area contributed by atoms with Crippen molar-refractivity contribution in [3.63, 3.8) is 0 Å². The summed E-state index contributed by atoms with van der Waals surface area (Å²) < 4.78 is 7.81. The summed E-state index contributed by atoms with van der Waals surface area (Å²) in [7, 11) is 0. The minimum Gasteiger partial charge on any atom is -0.396 e. The number of halogens is 1. The molecule has 0 saturated carbocycles. The molecule has 1 N–H and O–H groups in total. The Labute approximate surface area is 87.6 Å². The maximum absolute atomic E-state index is 8.68. The maximum atomic E-state index is 8.68. The molecule has 4 heteroatoms. The van der Waals surface area contributed by atoms with E-state index < -0.39 is 0 Å². The number of nitrogens with zero attached hydrogens (tertiary/aromatic N) is 1. The SMILES string of the molecule is CC1(C)OC[C@H](CCCO)N1I. The Morgan fingerprint density at radius 2 is 2.33 bits per heavy atom. The molecule has 0 aromatic rings. The molecule has 3 nitrogen and oxygen atoms in total. The number of aliphatic hydroxyl groups excluding tert-OH is 1. The highest BCUT2D eigenvalue weighted by Gasteiger charge is 2.38. The fourth-order valence-corrected chi connectivity index (χ4v) is 1.97. The molecule has 0 spiro atoms. The lowest BCUT2D eigenvalue weighted by atomic mass is 10.2. The average Bonchev–Trinajstić information content (AvgIpc) is 2.26. The zero-order valence-electron chi connectivity index (χ0n) is 7.59. The Balaban J connectivity index is 2.39. The number of ether oxygens (including phenoxy) is 1. The molecular weight excluding hydrogens is 269 g/mol. The molecule has 0 radical (unpaired) electrons. The molecule has 12 heavy (non-hydrogen) atoms. The number of aliphatic hydroxyl groups is 1. The fraction of sp³-hybridized carbons (Fsp3) is 1.00. The third-order valence-corrected chi connectivity index (χ3v) is 4.11. The van der Waals surface area contributed by atoms with Crippen molar-refractivity contribution >= 4 is 22.9 Å². The van der Waals surface area contributed by atoms with Crippen LogP contribution in [0.3, 0.4) is 0 Å². The molecule has 1 saturated heterocycles. The van der Waals surface area contributed by atoms with Gasteiger partial charge >= 0.3 is 0 Å². The summed E-state index contributed by atoms with van der Waals surface area (Å²) in [6.07, 6.45) is 1.88. The highest BCUT2D eigenvalue weighted by atomic mass is 127. The molecule has 0 bridgehead atoms. The minimum absolute atomic E-state index is 0.138. The van der Waals surface area contributed by atoms with Crippen LogP contribution in [0.5, 0.6) is 0 Å². The quantitative estimate of drug-likeness (QED) is 0.631. The van der Waals surface area contributed by atoms with Crippen molar-refractivity contribution in [2.75, 3.05) is 13.2 Å². The van der Waals surface area contributed by atoms with Crippen LogP contribution in [0.1, 0.15) is 26.7 Å². The molecule has 0 aromatic carbocycles. The van der Waals surface area contributed by atoms with E-state index in [4.69, 9.17) is 9.84 Å². The van der Waals surface area contributed by atoms with Crippen LogP contribution in [-0.4, -0.2) is 33.2 Å². The van der Waals surface area contributed by atoms with Crippen LogP contribution < -0.4 is 0 Å². The summed E-state index contributed by atoms with van der Waals surface area (Å²) in [5.41, 5.74) is -0.138. The summed E-state index contributed by atoms with van der Waals surface area (Å²) >= 11 is 2.30. The Morgan fingerprint density at radius 3 is 2.75 bits per heavy atom. The lowest BCUT2D eigenvalue weighted by Gasteiger charge is -2.26. The van der Waals surface area contributed by atoms with Crippen LogP contribution in [0.25, 0.3) is 0 Å². The smallest absolute Gasteiger partial charge is 0.124 e. The second-order valence-corrected chi connectivity index (χ2v) is 4.63. The van der Waals surface area contributed by atoms with Gasteiger partial charge in [0.15, 0.2) is 0 Å². The van der Waals surface area contributed by atoms with Gasteiger partial charge in [0.05, 0.1) is 6.61 Å². The first-order chi connectivity index (χ1) is 5.58. The van der Waals surface area contributed by atoms with Gasteiger partial charge in [0, 0.05) is 35.5 Å². The van der Waals surface area contributed by atoms with Crippen LogP contribution in [0.4, 0.5) is 0 Å². The second-order valence-electron chi connectivity index (χ2n) is 3.59. The Bertz CT molecular complexity index is 152. The molecule has 1 rings (SSSR count). The molecule has 0 amide bonds. The van der Waals surface area contributed by atoms with Gasteiger partial charge in [0.25, 0.3) is 0 Å². The van der Waals surface area contributed by atoms with Gasteiger partial charge in [-0.05, 0) is 26.7 Å². The largest absolute Gasteiger partial charge is 0.396 e. The summed E-state index contributed by atoms with van der Waals surface area (Å²) in [5, 5.41) is 8.68. The van der Waals surface area contributed by atoms with Crippen molar-refractivity contribution in [2.24, 2.45) is 0 Å². The number of hydrogen-bond donors (Lipinski definition) is 1. The van der Waals surface area contributed by atoms with E-state index in [0.29, 0.717) is 6.04 Å². The van der Waals surface area contributed by atoms with Crippen molar-refractivity contribution in [3.05, 3.63) is 0 Å². The molecule has 0 aliphatic carbocycles. The topological polar surface area (TPSA) is 32.7 Å². The monoisotopic (exact) mass is 285 g/mol. The Morgan fingerprint density at radius 1 is 1.67 bits per heavy atom. The van der Waals surface area contributed by atoms with Crippen molar-refractivity contribution in [1.82, 2.24) is 3.11 Å². The molecule has 72 valence electrons. The average molecular weight is 285 g/mol.